The van der Waals surface area contributed by atoms with Gasteiger partial charge in [0.05, 0.1) is 18.7 Å². The molecule has 11 nitrogen and oxygen atoms in total. The van der Waals surface area contributed by atoms with E-state index in [4.69, 9.17) is 9.47 Å². The lowest BCUT2D eigenvalue weighted by molar-refractivity contribution is -0.777. The first-order chi connectivity index (χ1) is 16.7. The molecule has 2 saturated heterocycles. The molecule has 12 heteroatoms. The lowest BCUT2D eigenvalue weighted by atomic mass is 9.97. The zero-order chi connectivity index (χ0) is 25.3. The lowest BCUT2D eigenvalue weighted by Gasteiger charge is -2.36. The molecule has 2 fully saturated rings. The number of aliphatic hydroxyl groups excluding tert-OH is 3. The number of hydrogen-bond acceptors (Lipinski definition) is 9. The molecule has 1 aromatic heterocycles. The van der Waals surface area contributed by atoms with Crippen LogP contribution in [-0.2, 0) is 23.8 Å². The van der Waals surface area contributed by atoms with Crippen molar-refractivity contribution in [3.63, 3.8) is 0 Å². The number of ether oxygens (including phenoxy) is 3. The Morgan fingerprint density at radius 3 is 2.42 bits per heavy atom. The summed E-state index contributed by atoms with van der Waals surface area (Å²) in [7, 11) is 2.71. The van der Waals surface area contributed by atoms with Crippen molar-refractivity contribution >= 4 is 17.8 Å². The number of aliphatic hydroxyl groups is 3. The van der Waals surface area contributed by atoms with Gasteiger partial charge in [-0.2, -0.15) is 4.57 Å². The fourth-order valence-electron chi connectivity index (χ4n) is 4.36. The maximum absolute atomic E-state index is 12.8. The summed E-state index contributed by atoms with van der Waals surface area (Å²) in [5.74, 6) is -1.84. The molecule has 36 heavy (non-hydrogen) atoms. The van der Waals surface area contributed by atoms with Crippen molar-refractivity contribution in [2.75, 3.05) is 14.2 Å². The first kappa shape index (κ1) is 27.5. The van der Waals surface area contributed by atoms with Gasteiger partial charge in [-0.3, -0.25) is 4.79 Å². The maximum Gasteiger partial charge on any atom is 0.338 e. The van der Waals surface area contributed by atoms with E-state index in [0.29, 0.717) is 11.1 Å². The molecule has 0 aliphatic carbocycles. The van der Waals surface area contributed by atoms with Crippen LogP contribution in [0.2, 0.25) is 0 Å². The van der Waals surface area contributed by atoms with Gasteiger partial charge in [0.1, 0.15) is 12.2 Å². The largest absolute Gasteiger partial charge is 1.00 e. The fourth-order valence-corrected chi connectivity index (χ4v) is 4.36. The molecule has 2 aliphatic heterocycles. The van der Waals surface area contributed by atoms with Crippen LogP contribution in [0.4, 0.5) is 0 Å². The molecule has 0 unspecified atom stereocenters. The van der Waals surface area contributed by atoms with E-state index >= 15 is 0 Å². The number of carbonyl (C=O) groups is 3. The number of carbonyl (C=O) groups excluding carboxylic acids is 3. The Kier molecular flexibility index (Phi) is 8.64. The summed E-state index contributed by atoms with van der Waals surface area (Å²) in [6, 6.07) is 11.3. The highest BCUT2D eigenvalue weighted by Crippen LogP contribution is 2.33. The van der Waals surface area contributed by atoms with Crippen LogP contribution in [0.25, 0.3) is 0 Å². The van der Waals surface area contributed by atoms with E-state index < -0.39 is 54.7 Å². The number of rotatable bonds is 5. The molecule has 0 spiro atoms. The minimum Gasteiger partial charge on any atom is -1.00 e. The SMILES string of the molecule is COC(=O)[C@@H]1O[C@H]([n+]2cccc([C@@H]3C[C@@H](OC(=O)c4ccccc4)C(=O)N3C)c2)[C@@H](O)[C@H](O)[C@H]1O.[Cl-]. The van der Waals surface area contributed by atoms with Crippen LogP contribution in [0, 0.1) is 0 Å². The van der Waals surface area contributed by atoms with Crippen LogP contribution in [0.5, 0.6) is 0 Å². The van der Waals surface area contributed by atoms with Gasteiger partial charge in [-0.15, -0.1) is 0 Å². The van der Waals surface area contributed by atoms with Crippen molar-refractivity contribution in [3.05, 3.63) is 66.0 Å². The van der Waals surface area contributed by atoms with E-state index in [1.165, 1.54) is 9.47 Å². The summed E-state index contributed by atoms with van der Waals surface area (Å²) in [5.41, 5.74) is 0.987. The first-order valence-electron chi connectivity index (χ1n) is 11.0. The second-order valence-electron chi connectivity index (χ2n) is 8.49. The molecule has 1 amide bonds. The van der Waals surface area contributed by atoms with Crippen LogP contribution in [0.3, 0.4) is 0 Å². The van der Waals surface area contributed by atoms with Crippen LogP contribution in [-0.4, -0.2) is 82.7 Å². The van der Waals surface area contributed by atoms with Crippen molar-refractivity contribution in [1.82, 2.24) is 4.90 Å². The molecule has 2 aliphatic rings. The van der Waals surface area contributed by atoms with Crippen molar-refractivity contribution in [2.45, 2.75) is 49.2 Å². The molecule has 4 rings (SSSR count). The predicted octanol–water partition coefficient (Wildman–Crippen LogP) is -3.74. The van der Waals surface area contributed by atoms with Crippen molar-refractivity contribution < 1.29 is 60.9 Å². The monoisotopic (exact) mass is 522 g/mol. The van der Waals surface area contributed by atoms with Gasteiger partial charge in [0.2, 0.25) is 0 Å². The smallest absolute Gasteiger partial charge is 0.338 e. The Bertz CT molecular complexity index is 1100. The number of aromatic nitrogens is 1. The number of amides is 1. The van der Waals surface area contributed by atoms with E-state index in [9.17, 15) is 29.7 Å². The number of benzene rings is 1. The standard InChI is InChI=1S/C24H27N2O9.ClH/c1-25-15(11-16(21(25)30)34-23(31)13-7-4-3-5-8-13)14-9-6-10-26(12-14)22-19(29)17(27)18(28)20(35-22)24(32)33-2;/h3-10,12,15-20,22,27-29H,11H2,1-2H3;1H/q+1;/p-1/t15-,16+,17+,18+,19-,20+,22-;/m0./s1. The zero-order valence-corrected chi connectivity index (χ0v) is 20.3. The number of likely N-dealkylation sites (tertiary alicyclic amines) is 1. The van der Waals surface area contributed by atoms with Crippen LogP contribution in [0.15, 0.2) is 54.9 Å². The highest BCUT2D eigenvalue weighted by atomic mass is 35.5. The van der Waals surface area contributed by atoms with Gasteiger partial charge >= 0.3 is 11.9 Å². The van der Waals surface area contributed by atoms with E-state index in [2.05, 4.69) is 4.74 Å². The highest BCUT2D eigenvalue weighted by Gasteiger charge is 2.51. The number of esters is 2. The van der Waals surface area contributed by atoms with Gasteiger partial charge in [0.15, 0.2) is 30.7 Å². The fraction of sp³-hybridized carbons (Fsp3) is 0.417. The van der Waals surface area contributed by atoms with Gasteiger partial charge in [0, 0.05) is 25.1 Å². The number of methoxy groups -OCH3 is 1. The van der Waals surface area contributed by atoms with Crippen LogP contribution < -0.4 is 17.0 Å². The Morgan fingerprint density at radius 1 is 1.06 bits per heavy atom. The third-order valence-electron chi connectivity index (χ3n) is 6.33. The minimum absolute atomic E-state index is 0. The van der Waals surface area contributed by atoms with E-state index in [1.54, 1.807) is 61.9 Å². The van der Waals surface area contributed by atoms with Crippen molar-refractivity contribution in [3.8, 4) is 0 Å². The lowest BCUT2D eigenvalue weighted by Crippen LogP contribution is -3.00. The van der Waals surface area contributed by atoms with Gasteiger partial charge < -0.3 is 46.8 Å². The Hall–Kier alpha value is -3.09. The zero-order valence-electron chi connectivity index (χ0n) is 19.5. The second kappa shape index (κ2) is 11.3. The van der Waals surface area contributed by atoms with E-state index in [1.807, 2.05) is 0 Å². The molecule has 2 aromatic rings. The van der Waals surface area contributed by atoms with Gasteiger partial charge in [-0.05, 0) is 18.2 Å². The number of hydrogen-bond donors (Lipinski definition) is 3. The molecule has 0 radical (unpaired) electrons. The summed E-state index contributed by atoms with van der Waals surface area (Å²) in [5, 5.41) is 30.9. The first-order valence-corrected chi connectivity index (χ1v) is 11.0. The number of nitrogens with zero attached hydrogens (tertiary/aromatic N) is 2. The molecular weight excluding hydrogens is 496 g/mol. The normalized spacial score (nSPS) is 29.9. The molecule has 7 atom stereocenters. The van der Waals surface area contributed by atoms with Crippen LogP contribution >= 0.6 is 0 Å². The number of pyridine rings is 1. The molecule has 3 N–H and O–H groups in total. The van der Waals surface area contributed by atoms with Crippen molar-refractivity contribution in [2.24, 2.45) is 0 Å². The second-order valence-corrected chi connectivity index (χ2v) is 8.49. The quantitative estimate of drug-likeness (QED) is 0.266. The van der Waals surface area contributed by atoms with Crippen molar-refractivity contribution in [1.29, 1.82) is 0 Å². The summed E-state index contributed by atoms with van der Waals surface area (Å²) in [6.07, 6.45) is -5.20. The maximum atomic E-state index is 12.8. The highest BCUT2D eigenvalue weighted by molar-refractivity contribution is 5.93. The van der Waals surface area contributed by atoms with Gasteiger partial charge in [-0.25, -0.2) is 9.59 Å². The summed E-state index contributed by atoms with van der Waals surface area (Å²) >= 11 is 0. The third kappa shape index (κ3) is 5.20. The Balaban J connectivity index is 0.00000361. The molecule has 1 aromatic carbocycles. The molecule has 3 heterocycles. The average Bonchev–Trinajstić information content (AvgIpc) is 3.16. The van der Waals surface area contributed by atoms with Gasteiger partial charge in [0.25, 0.3) is 12.1 Å². The molecule has 0 bridgehead atoms. The van der Waals surface area contributed by atoms with E-state index in [-0.39, 0.29) is 24.7 Å². The Morgan fingerprint density at radius 2 is 1.75 bits per heavy atom. The van der Waals surface area contributed by atoms with Gasteiger partial charge in [-0.1, -0.05) is 18.2 Å². The molecule has 0 saturated carbocycles. The number of halogens is 1. The molecule has 194 valence electrons. The Labute approximate surface area is 213 Å². The summed E-state index contributed by atoms with van der Waals surface area (Å²) in [4.78, 5) is 38.7. The summed E-state index contributed by atoms with van der Waals surface area (Å²) < 4.78 is 17.1. The predicted molar refractivity (Wildman–Crippen MR) is 116 cm³/mol. The third-order valence-corrected chi connectivity index (χ3v) is 6.33. The number of likely N-dealkylation sites (N-methyl/N-ethyl adjacent to an activating group) is 1. The average molecular weight is 523 g/mol. The van der Waals surface area contributed by atoms with Crippen LogP contribution in [0.1, 0.15) is 34.6 Å². The minimum atomic E-state index is -1.67. The molecular formula is C24H27ClN2O9. The summed E-state index contributed by atoms with van der Waals surface area (Å²) in [6.45, 7) is 0. The van der Waals surface area contributed by atoms with E-state index in [0.717, 1.165) is 7.11 Å². The topological polar surface area (TPSA) is 147 Å².